The van der Waals surface area contributed by atoms with E-state index < -0.39 is 0 Å². The summed E-state index contributed by atoms with van der Waals surface area (Å²) >= 11 is 9.90. The lowest BCUT2D eigenvalue weighted by Crippen LogP contribution is -1.86. The Balaban J connectivity index is 0.000000169. The third-order valence-electron chi connectivity index (χ3n) is 8.08. The summed E-state index contributed by atoms with van der Waals surface area (Å²) in [7, 11) is 1.66. The molecule has 0 unspecified atom stereocenters. The number of carbonyl (C=O) groups excluding carboxylic acids is 1. The van der Waals surface area contributed by atoms with Crippen molar-refractivity contribution in [1.29, 1.82) is 0 Å². The third kappa shape index (κ3) is 16.2. The molecule has 0 radical (unpaired) electrons. The van der Waals surface area contributed by atoms with Crippen molar-refractivity contribution in [1.82, 2.24) is 0 Å². The fourth-order valence-electron chi connectivity index (χ4n) is 5.14. The van der Waals surface area contributed by atoms with Gasteiger partial charge >= 0.3 is 0 Å². The molecule has 0 N–H and O–H groups in total. The van der Waals surface area contributed by atoms with E-state index >= 15 is 0 Å². The van der Waals surface area contributed by atoms with Crippen LogP contribution in [0.25, 0.3) is 21.9 Å². The van der Waals surface area contributed by atoms with Gasteiger partial charge in [-0.1, -0.05) is 195 Å². The van der Waals surface area contributed by atoms with E-state index in [-0.39, 0.29) is 0 Å². The number of fused-ring (bicyclic) bond motifs is 1. The molecule has 0 amide bonds. The van der Waals surface area contributed by atoms with Crippen LogP contribution < -0.4 is 4.74 Å². The van der Waals surface area contributed by atoms with Crippen LogP contribution in [0.1, 0.15) is 32.6 Å². The summed E-state index contributed by atoms with van der Waals surface area (Å²) in [6.07, 6.45) is 5.92. The van der Waals surface area contributed by atoms with Gasteiger partial charge in [-0.05, 0) is 93.5 Å². The molecule has 0 bridgehead atoms. The molecule has 2 nitrogen and oxygen atoms in total. The van der Waals surface area contributed by atoms with Gasteiger partial charge in [0.05, 0.1) is 12.7 Å². The topological polar surface area (TPSA) is 26.3 Å². The first-order chi connectivity index (χ1) is 28.9. The molecule has 59 heavy (non-hydrogen) atoms. The predicted molar refractivity (Wildman–Crippen MR) is 259 cm³/mol. The van der Waals surface area contributed by atoms with Crippen molar-refractivity contribution in [2.45, 2.75) is 0 Å². The molecule has 0 aliphatic rings. The molecule has 0 saturated heterocycles. The largest absolute Gasteiger partial charge is 0.495 e. The zero-order chi connectivity index (χ0) is 41.9. The van der Waals surface area contributed by atoms with Gasteiger partial charge in [0, 0.05) is 47.1 Å². The van der Waals surface area contributed by atoms with Gasteiger partial charge in [0.2, 0.25) is 0 Å². The number of hydrogen-bond acceptors (Lipinski definition) is 2. The molecule has 0 aliphatic heterocycles. The lowest BCUT2D eigenvalue weighted by atomic mass is 10.0. The normalized spacial score (nSPS) is 9.14. The quantitative estimate of drug-likeness (QED) is 0.130. The van der Waals surface area contributed by atoms with E-state index in [9.17, 15) is 4.79 Å². The average Bonchev–Trinajstić information content (AvgIpc) is 3.30. The molecule has 0 heterocycles. The Morgan fingerprint density at radius 1 is 0.508 bits per heavy atom. The molecule has 0 aliphatic carbocycles. The molecule has 8 aromatic rings. The van der Waals surface area contributed by atoms with Crippen molar-refractivity contribution in [2.75, 3.05) is 7.11 Å². The Morgan fingerprint density at radius 2 is 0.983 bits per heavy atom. The van der Waals surface area contributed by atoms with Crippen molar-refractivity contribution in [3.05, 3.63) is 243 Å². The highest BCUT2D eigenvalue weighted by Crippen LogP contribution is 2.32. The Morgan fingerprint density at radius 3 is 1.49 bits per heavy atom. The molecular weight excluding hydrogens is 920 g/mol. The summed E-state index contributed by atoms with van der Waals surface area (Å²) in [6.45, 7) is 0. The molecule has 0 saturated carbocycles. The van der Waals surface area contributed by atoms with Crippen molar-refractivity contribution < 1.29 is 9.53 Å². The Labute approximate surface area is 373 Å². The minimum absolute atomic E-state index is 0.692. The molecule has 5 heteroatoms. The smallest absolute Gasteiger partial charge is 0.151 e. The van der Waals surface area contributed by atoms with Gasteiger partial charge < -0.3 is 4.74 Å². The lowest BCUT2D eigenvalue weighted by Gasteiger charge is -2.07. The fraction of sp³-hybridized carbons (Fsp3) is 0.0185. The second-order valence-corrected chi connectivity index (χ2v) is 14.2. The number of hydrogen-bond donors (Lipinski definition) is 0. The highest BCUT2D eigenvalue weighted by molar-refractivity contribution is 9.12. The number of aldehydes is 1. The monoisotopic (exact) mass is 956 g/mol. The van der Waals surface area contributed by atoms with Crippen molar-refractivity contribution in [2.24, 2.45) is 0 Å². The summed E-state index contributed by atoms with van der Waals surface area (Å²) in [4.78, 5) is 12.8. The highest BCUT2D eigenvalue weighted by Gasteiger charge is 2.04. The maximum atomic E-state index is 10.2. The second kappa shape index (κ2) is 26.5. The number of benzene rings is 8. The zero-order valence-corrected chi connectivity index (χ0v) is 37.0. The van der Waals surface area contributed by atoms with Crippen LogP contribution in [0.2, 0.25) is 0 Å². The first kappa shape index (κ1) is 45.3. The number of halogens is 3. The number of ether oxygens (including phenoxy) is 1. The van der Waals surface area contributed by atoms with Gasteiger partial charge in [-0.2, -0.15) is 0 Å². The van der Waals surface area contributed by atoms with Gasteiger partial charge in [0.1, 0.15) is 5.75 Å². The van der Waals surface area contributed by atoms with Crippen LogP contribution in [-0.4, -0.2) is 13.4 Å². The Bertz CT molecular complexity index is 2650. The van der Waals surface area contributed by atoms with E-state index in [4.69, 9.17) is 11.2 Å². The predicted octanol–water partition coefficient (Wildman–Crippen LogP) is 14.7. The zero-order valence-electron chi connectivity index (χ0n) is 32.2. The molecule has 0 spiro atoms. The standard InChI is InChI=1S/C16H11Br.C15H12O.C8H5Br.C8H6.C7H5BrO/c17-16-11-14-9-5-4-8-13(14)10-15(16)12-6-2-1-3-7-12;1-16-15-10-6-5-9-14(15)12-11-13-7-3-2-4-8-13;9-7-6-8-4-2-1-3-5-8;1-2-8-6-4-3-5-7-8;8-7-4-2-1-3-6(7)5-9/h1-11H;2-10H,1H3;1-5H;1,3-7H;1-5H. The summed E-state index contributed by atoms with van der Waals surface area (Å²) in [5.41, 5.74) is 7.07. The molecule has 8 aromatic carbocycles. The molecule has 8 rings (SSSR count). The van der Waals surface area contributed by atoms with Gasteiger partial charge in [-0.3, -0.25) is 4.79 Å². The van der Waals surface area contributed by atoms with E-state index in [1.807, 2.05) is 140 Å². The van der Waals surface area contributed by atoms with Crippen molar-refractivity contribution in [3.63, 3.8) is 0 Å². The van der Waals surface area contributed by atoms with Gasteiger partial charge in [-0.15, -0.1) is 6.42 Å². The maximum Gasteiger partial charge on any atom is 0.151 e. The number of para-hydroxylation sites is 1. The maximum absolute atomic E-state index is 10.2. The first-order valence-electron chi connectivity index (χ1n) is 18.3. The number of rotatable bonds is 3. The molecule has 0 fully saturated rings. The summed E-state index contributed by atoms with van der Waals surface area (Å²) < 4.78 is 7.22. The summed E-state index contributed by atoms with van der Waals surface area (Å²) in [5, 5.41) is 2.54. The van der Waals surface area contributed by atoms with Crippen LogP contribution in [0, 0.1) is 34.9 Å². The second-order valence-electron chi connectivity index (χ2n) is 12.1. The van der Waals surface area contributed by atoms with Crippen LogP contribution in [-0.2, 0) is 0 Å². The van der Waals surface area contributed by atoms with Gasteiger partial charge in [0.15, 0.2) is 6.29 Å². The third-order valence-corrected chi connectivity index (χ3v) is 9.66. The molecular formula is C54H39Br3O2. The van der Waals surface area contributed by atoms with E-state index in [0.29, 0.717) is 5.56 Å². The Kier molecular flexibility index (Phi) is 20.4. The van der Waals surface area contributed by atoms with Crippen LogP contribution in [0.15, 0.2) is 215 Å². The highest BCUT2D eigenvalue weighted by atomic mass is 79.9. The minimum Gasteiger partial charge on any atom is -0.495 e. The van der Waals surface area contributed by atoms with Crippen LogP contribution in [0.4, 0.5) is 0 Å². The molecule has 0 aromatic heterocycles. The Hall–Kier alpha value is -6.39. The van der Waals surface area contributed by atoms with Crippen LogP contribution in [0.5, 0.6) is 5.75 Å². The van der Waals surface area contributed by atoms with E-state index in [0.717, 1.165) is 43.2 Å². The van der Waals surface area contributed by atoms with Gasteiger partial charge in [-0.25, -0.2) is 0 Å². The number of carbonyl (C=O) groups is 1. The van der Waals surface area contributed by atoms with Crippen molar-refractivity contribution in [3.8, 4) is 51.8 Å². The van der Waals surface area contributed by atoms with Crippen molar-refractivity contribution >= 4 is 64.8 Å². The fourth-order valence-corrected chi connectivity index (χ4v) is 6.34. The first-order valence-corrected chi connectivity index (χ1v) is 20.7. The van der Waals surface area contributed by atoms with E-state index in [2.05, 4.69) is 137 Å². The molecule has 288 valence electrons. The molecule has 0 atom stereocenters. The summed E-state index contributed by atoms with van der Waals surface area (Å²) in [5.74, 6) is 12.4. The minimum atomic E-state index is 0.692. The van der Waals surface area contributed by atoms with Crippen LogP contribution in [0.3, 0.4) is 0 Å². The SMILES string of the molecule is BrC#Cc1ccccc1.Brc1cc2ccccc2cc1-c1ccccc1.C#Cc1ccccc1.COc1ccccc1C#Cc1ccccc1.O=Cc1ccccc1Br. The van der Waals surface area contributed by atoms with E-state index in [1.54, 1.807) is 13.2 Å². The summed E-state index contributed by atoms with van der Waals surface area (Å²) in [6, 6.07) is 67.7. The van der Waals surface area contributed by atoms with Gasteiger partial charge in [0.25, 0.3) is 0 Å². The number of methoxy groups -OCH3 is 1. The average molecular weight is 960 g/mol. The van der Waals surface area contributed by atoms with E-state index in [1.165, 1.54) is 21.9 Å². The lowest BCUT2D eigenvalue weighted by molar-refractivity contribution is 0.112. The van der Waals surface area contributed by atoms with Crippen LogP contribution >= 0.6 is 47.8 Å². The number of terminal acetylenes is 1.